The minimum absolute atomic E-state index is 0.219. The molecule has 1 N–H and O–H groups in total. The van der Waals surface area contributed by atoms with Gasteiger partial charge in [-0.2, -0.15) is 0 Å². The van der Waals surface area contributed by atoms with Gasteiger partial charge in [-0.25, -0.2) is 0 Å². The highest BCUT2D eigenvalue weighted by Gasteiger charge is 2.23. The van der Waals surface area contributed by atoms with Crippen molar-refractivity contribution in [1.29, 1.82) is 0 Å². The summed E-state index contributed by atoms with van der Waals surface area (Å²) in [6.07, 6.45) is 4.70. The van der Waals surface area contributed by atoms with Crippen LogP contribution in [0.1, 0.15) is 53.4 Å². The van der Waals surface area contributed by atoms with Gasteiger partial charge >= 0.3 is 0 Å². The number of hydrogen-bond donors (Lipinski definition) is 1. The number of carbonyl (C=O) groups excluding carboxylic acids is 1. The zero-order valence-corrected chi connectivity index (χ0v) is 11.8. The quantitative estimate of drug-likeness (QED) is 0.800. The lowest BCUT2D eigenvalue weighted by Gasteiger charge is -2.35. The zero-order chi connectivity index (χ0) is 12.8. The standard InChI is InChI=1S/C14H28N2O/c1-5-13(6-2)11(3)15-14-7-9-16(10-8-14)12(4)17/h11,13-15H,5-10H2,1-4H3. The molecule has 1 atom stereocenters. The van der Waals surface area contributed by atoms with Crippen molar-refractivity contribution in [2.45, 2.75) is 65.5 Å². The van der Waals surface area contributed by atoms with E-state index in [1.165, 1.54) is 12.8 Å². The van der Waals surface area contributed by atoms with Gasteiger partial charge in [-0.1, -0.05) is 26.7 Å². The number of carbonyl (C=O) groups is 1. The molecule has 0 aliphatic carbocycles. The van der Waals surface area contributed by atoms with Crippen molar-refractivity contribution < 1.29 is 4.79 Å². The summed E-state index contributed by atoms with van der Waals surface area (Å²) in [6, 6.07) is 1.19. The summed E-state index contributed by atoms with van der Waals surface area (Å²) in [5.41, 5.74) is 0. The minimum Gasteiger partial charge on any atom is -0.343 e. The fourth-order valence-electron chi connectivity index (χ4n) is 2.86. The Hall–Kier alpha value is -0.570. The molecule has 1 saturated heterocycles. The van der Waals surface area contributed by atoms with Crippen LogP contribution >= 0.6 is 0 Å². The third kappa shape index (κ3) is 4.30. The Kier molecular flexibility index (Phi) is 5.96. The fourth-order valence-corrected chi connectivity index (χ4v) is 2.86. The van der Waals surface area contributed by atoms with Gasteiger partial charge < -0.3 is 10.2 Å². The molecule has 0 aromatic heterocycles. The lowest BCUT2D eigenvalue weighted by atomic mass is 9.93. The molecule has 1 unspecified atom stereocenters. The summed E-state index contributed by atoms with van der Waals surface area (Å²) in [5.74, 6) is 0.998. The molecule has 0 saturated carbocycles. The van der Waals surface area contributed by atoms with Crippen LogP contribution < -0.4 is 5.32 Å². The minimum atomic E-state index is 0.219. The third-order valence-electron chi connectivity index (χ3n) is 4.19. The highest BCUT2D eigenvalue weighted by atomic mass is 16.2. The van der Waals surface area contributed by atoms with Crippen molar-refractivity contribution in [3.8, 4) is 0 Å². The van der Waals surface area contributed by atoms with Crippen LogP contribution in [0.4, 0.5) is 0 Å². The molecule has 1 heterocycles. The van der Waals surface area contributed by atoms with Crippen LogP contribution in [0.5, 0.6) is 0 Å². The maximum Gasteiger partial charge on any atom is 0.219 e. The summed E-state index contributed by atoms with van der Waals surface area (Å²) >= 11 is 0. The number of nitrogens with zero attached hydrogens (tertiary/aromatic N) is 1. The van der Waals surface area contributed by atoms with E-state index in [0.29, 0.717) is 12.1 Å². The smallest absolute Gasteiger partial charge is 0.219 e. The van der Waals surface area contributed by atoms with E-state index in [-0.39, 0.29) is 5.91 Å². The Balaban J connectivity index is 2.32. The molecule has 0 bridgehead atoms. The van der Waals surface area contributed by atoms with Gasteiger partial charge in [0.1, 0.15) is 0 Å². The van der Waals surface area contributed by atoms with Crippen LogP contribution in [-0.2, 0) is 4.79 Å². The first-order chi connectivity index (χ1) is 8.08. The number of amides is 1. The molecule has 100 valence electrons. The molecule has 3 heteroatoms. The Morgan fingerprint density at radius 2 is 1.82 bits per heavy atom. The zero-order valence-electron chi connectivity index (χ0n) is 11.8. The topological polar surface area (TPSA) is 32.3 Å². The van der Waals surface area contributed by atoms with E-state index in [4.69, 9.17) is 0 Å². The summed E-state index contributed by atoms with van der Waals surface area (Å²) in [7, 11) is 0. The van der Waals surface area contributed by atoms with Crippen molar-refractivity contribution in [3.63, 3.8) is 0 Å². The maximum atomic E-state index is 11.2. The number of rotatable bonds is 5. The van der Waals surface area contributed by atoms with Crippen LogP contribution in [-0.4, -0.2) is 36.0 Å². The lowest BCUT2D eigenvalue weighted by molar-refractivity contribution is -0.129. The summed E-state index contributed by atoms with van der Waals surface area (Å²) < 4.78 is 0. The molecule has 1 amide bonds. The third-order valence-corrected chi connectivity index (χ3v) is 4.19. The van der Waals surface area contributed by atoms with Crippen molar-refractivity contribution in [2.24, 2.45) is 5.92 Å². The number of likely N-dealkylation sites (tertiary alicyclic amines) is 1. The van der Waals surface area contributed by atoms with Crippen molar-refractivity contribution >= 4 is 5.91 Å². The molecule has 1 fully saturated rings. The molecule has 0 radical (unpaired) electrons. The van der Waals surface area contributed by atoms with E-state index in [1.54, 1.807) is 6.92 Å². The van der Waals surface area contributed by atoms with Crippen molar-refractivity contribution in [3.05, 3.63) is 0 Å². The predicted molar refractivity (Wildman–Crippen MR) is 71.9 cm³/mol. The van der Waals surface area contributed by atoms with Crippen LogP contribution in [0.3, 0.4) is 0 Å². The van der Waals surface area contributed by atoms with E-state index < -0.39 is 0 Å². The van der Waals surface area contributed by atoms with Crippen LogP contribution in [0.2, 0.25) is 0 Å². The van der Waals surface area contributed by atoms with Gasteiger partial charge in [-0.3, -0.25) is 4.79 Å². The molecule has 0 spiro atoms. The normalized spacial score (nSPS) is 19.7. The molecular formula is C14H28N2O. The summed E-state index contributed by atoms with van der Waals surface area (Å²) in [6.45, 7) is 10.3. The first-order valence-corrected chi connectivity index (χ1v) is 7.10. The molecule has 1 aliphatic rings. The Labute approximate surface area is 106 Å². The molecule has 0 aromatic rings. The second kappa shape index (κ2) is 7.00. The first-order valence-electron chi connectivity index (χ1n) is 7.10. The molecule has 0 aromatic carbocycles. The molecule has 1 rings (SSSR count). The fraction of sp³-hybridized carbons (Fsp3) is 0.929. The average molecular weight is 240 g/mol. The van der Waals surface area contributed by atoms with Gasteiger partial charge in [-0.15, -0.1) is 0 Å². The predicted octanol–water partition coefficient (Wildman–Crippen LogP) is 2.41. The van der Waals surface area contributed by atoms with Gasteiger partial charge in [0, 0.05) is 32.1 Å². The van der Waals surface area contributed by atoms with Crippen molar-refractivity contribution in [2.75, 3.05) is 13.1 Å². The van der Waals surface area contributed by atoms with Gasteiger partial charge in [-0.05, 0) is 25.7 Å². The largest absolute Gasteiger partial charge is 0.343 e. The summed E-state index contributed by atoms with van der Waals surface area (Å²) in [5, 5.41) is 3.74. The molecule has 1 aliphatic heterocycles. The van der Waals surface area contributed by atoms with E-state index >= 15 is 0 Å². The van der Waals surface area contributed by atoms with Crippen molar-refractivity contribution in [1.82, 2.24) is 10.2 Å². The second-order valence-corrected chi connectivity index (χ2v) is 5.31. The van der Waals surface area contributed by atoms with Gasteiger partial charge in [0.25, 0.3) is 0 Å². The molecule has 17 heavy (non-hydrogen) atoms. The van der Waals surface area contributed by atoms with Crippen LogP contribution in [0, 0.1) is 5.92 Å². The molecule has 3 nitrogen and oxygen atoms in total. The lowest BCUT2D eigenvalue weighted by Crippen LogP contribution is -2.48. The van der Waals surface area contributed by atoms with Gasteiger partial charge in [0.15, 0.2) is 0 Å². The van der Waals surface area contributed by atoms with Crippen LogP contribution in [0.15, 0.2) is 0 Å². The monoisotopic (exact) mass is 240 g/mol. The Morgan fingerprint density at radius 1 is 1.29 bits per heavy atom. The SMILES string of the molecule is CCC(CC)C(C)NC1CCN(C(C)=O)CC1. The number of nitrogens with one attached hydrogen (secondary N) is 1. The maximum absolute atomic E-state index is 11.2. The van der Waals surface area contributed by atoms with E-state index in [1.807, 2.05) is 4.90 Å². The average Bonchev–Trinajstić information content (AvgIpc) is 2.31. The Morgan fingerprint density at radius 3 is 2.24 bits per heavy atom. The van der Waals surface area contributed by atoms with Gasteiger partial charge in [0.05, 0.1) is 0 Å². The highest BCUT2D eigenvalue weighted by Crippen LogP contribution is 2.16. The molecular weight excluding hydrogens is 212 g/mol. The van der Waals surface area contributed by atoms with Crippen LogP contribution in [0.25, 0.3) is 0 Å². The van der Waals surface area contributed by atoms with E-state index in [2.05, 4.69) is 26.1 Å². The number of hydrogen-bond acceptors (Lipinski definition) is 2. The summed E-state index contributed by atoms with van der Waals surface area (Å²) in [4.78, 5) is 13.2. The van der Waals surface area contributed by atoms with E-state index in [0.717, 1.165) is 31.8 Å². The van der Waals surface area contributed by atoms with Gasteiger partial charge in [0.2, 0.25) is 5.91 Å². The van der Waals surface area contributed by atoms with E-state index in [9.17, 15) is 4.79 Å². The number of piperidine rings is 1. The Bertz CT molecular complexity index is 230. The second-order valence-electron chi connectivity index (χ2n) is 5.31. The highest BCUT2D eigenvalue weighted by molar-refractivity contribution is 5.73. The first kappa shape index (κ1) is 14.5.